The summed E-state index contributed by atoms with van der Waals surface area (Å²) in [6, 6.07) is 10.5. The van der Waals surface area contributed by atoms with Crippen molar-refractivity contribution < 1.29 is 18.3 Å². The van der Waals surface area contributed by atoms with Crippen molar-refractivity contribution in [2.24, 2.45) is 7.05 Å². The molecule has 4 rings (SSSR count). The molecule has 1 aromatic heterocycles. The quantitative estimate of drug-likeness (QED) is 0.665. The van der Waals surface area contributed by atoms with Gasteiger partial charge in [0.2, 0.25) is 0 Å². The Hall–Kier alpha value is -3.15. The number of halogens is 2. The smallest absolute Gasteiger partial charge is 0.408 e. The molecule has 1 heterocycles. The van der Waals surface area contributed by atoms with E-state index in [2.05, 4.69) is 5.32 Å². The van der Waals surface area contributed by atoms with E-state index in [-0.39, 0.29) is 0 Å². The Kier molecular flexibility index (Phi) is 4.39. The highest BCUT2D eigenvalue weighted by molar-refractivity contribution is 5.92. The van der Waals surface area contributed by atoms with Gasteiger partial charge >= 0.3 is 6.09 Å². The van der Waals surface area contributed by atoms with E-state index in [9.17, 15) is 13.6 Å². The van der Waals surface area contributed by atoms with Crippen LogP contribution in [0.5, 0.6) is 5.75 Å². The highest BCUT2D eigenvalue weighted by atomic mass is 19.2. The maximum absolute atomic E-state index is 13.6. The van der Waals surface area contributed by atoms with Gasteiger partial charge in [-0.15, -0.1) is 0 Å². The van der Waals surface area contributed by atoms with E-state index in [0.717, 1.165) is 30.5 Å². The molecule has 2 aromatic carbocycles. The fourth-order valence-corrected chi connectivity index (χ4v) is 3.11. The summed E-state index contributed by atoms with van der Waals surface area (Å²) in [6.07, 6.45) is 5.31. The van der Waals surface area contributed by atoms with Crippen molar-refractivity contribution in [1.29, 1.82) is 0 Å². The zero-order valence-corrected chi connectivity index (χ0v) is 14.7. The van der Waals surface area contributed by atoms with Gasteiger partial charge < -0.3 is 9.30 Å². The number of anilines is 1. The van der Waals surface area contributed by atoms with Crippen LogP contribution in [0.2, 0.25) is 0 Å². The molecule has 0 aliphatic heterocycles. The number of amides is 1. The lowest BCUT2D eigenvalue weighted by molar-refractivity contribution is 0.215. The number of nitrogens with zero attached hydrogens (tertiary/aromatic N) is 1. The maximum Gasteiger partial charge on any atom is 0.417 e. The molecule has 1 aliphatic rings. The monoisotopic (exact) mass is 368 g/mol. The number of carbonyl (C=O) groups excluding carboxylic acids is 1. The summed E-state index contributed by atoms with van der Waals surface area (Å²) < 4.78 is 34.2. The van der Waals surface area contributed by atoms with Crippen LogP contribution >= 0.6 is 0 Å². The summed E-state index contributed by atoms with van der Waals surface area (Å²) in [5.74, 6) is -0.866. The zero-order chi connectivity index (χ0) is 19.0. The number of nitrogens with one attached hydrogen (secondary N) is 1. The second-order valence-electron chi connectivity index (χ2n) is 6.71. The molecule has 0 atom stereocenters. The number of aromatic nitrogens is 1. The molecule has 1 fully saturated rings. The van der Waals surface area contributed by atoms with Gasteiger partial charge in [-0.25, -0.2) is 13.6 Å². The molecule has 3 aromatic rings. The van der Waals surface area contributed by atoms with Crippen molar-refractivity contribution in [3.63, 3.8) is 0 Å². The van der Waals surface area contributed by atoms with Crippen LogP contribution in [-0.2, 0) is 7.05 Å². The third kappa shape index (κ3) is 3.69. The third-order valence-corrected chi connectivity index (χ3v) is 4.56. The van der Waals surface area contributed by atoms with Crippen LogP contribution in [-0.4, -0.2) is 10.7 Å². The first-order valence-corrected chi connectivity index (χ1v) is 8.70. The second kappa shape index (κ2) is 6.87. The van der Waals surface area contributed by atoms with Gasteiger partial charge in [-0.2, -0.15) is 0 Å². The van der Waals surface area contributed by atoms with Gasteiger partial charge in [0, 0.05) is 30.6 Å². The molecule has 27 heavy (non-hydrogen) atoms. The molecule has 0 radical (unpaired) electrons. The summed E-state index contributed by atoms with van der Waals surface area (Å²) in [6.45, 7) is 0. The average molecular weight is 368 g/mol. The summed E-state index contributed by atoms with van der Waals surface area (Å²) in [5.41, 5.74) is 2.52. The van der Waals surface area contributed by atoms with E-state index in [1.807, 2.05) is 17.8 Å². The summed E-state index contributed by atoms with van der Waals surface area (Å²) in [7, 11) is 1.88. The van der Waals surface area contributed by atoms with Crippen LogP contribution in [0.15, 0.2) is 54.9 Å². The first kappa shape index (κ1) is 17.3. The molecule has 6 heteroatoms. The van der Waals surface area contributed by atoms with E-state index in [1.54, 1.807) is 30.5 Å². The number of carbonyl (C=O) groups is 1. The number of hydrogen-bond acceptors (Lipinski definition) is 2. The van der Waals surface area contributed by atoms with Gasteiger partial charge in [0.25, 0.3) is 0 Å². The number of para-hydroxylation sites is 1. The predicted octanol–water partition coefficient (Wildman–Crippen LogP) is 5.46. The lowest BCUT2D eigenvalue weighted by atomic mass is 10.0. The number of ether oxygens (including phenoxy) is 1. The maximum atomic E-state index is 13.6. The van der Waals surface area contributed by atoms with Gasteiger partial charge in [-0.1, -0.05) is 24.3 Å². The zero-order valence-electron chi connectivity index (χ0n) is 14.7. The number of rotatable bonds is 4. The fourth-order valence-electron chi connectivity index (χ4n) is 3.11. The van der Waals surface area contributed by atoms with Gasteiger partial charge in [-0.05, 0) is 42.5 Å². The Morgan fingerprint density at radius 3 is 2.63 bits per heavy atom. The van der Waals surface area contributed by atoms with Crippen molar-refractivity contribution in [2.75, 3.05) is 5.32 Å². The summed E-state index contributed by atoms with van der Waals surface area (Å²) >= 11 is 0. The molecule has 0 spiro atoms. The number of hydrogen-bond donors (Lipinski definition) is 1. The van der Waals surface area contributed by atoms with Crippen molar-refractivity contribution in [1.82, 2.24) is 4.57 Å². The highest BCUT2D eigenvalue weighted by Crippen LogP contribution is 2.44. The van der Waals surface area contributed by atoms with Crippen LogP contribution in [0.1, 0.15) is 24.3 Å². The Morgan fingerprint density at radius 1 is 1.11 bits per heavy atom. The molecule has 1 amide bonds. The highest BCUT2D eigenvalue weighted by Gasteiger charge is 2.29. The molecule has 138 valence electrons. The average Bonchev–Trinajstić information content (AvgIpc) is 3.41. The van der Waals surface area contributed by atoms with Crippen molar-refractivity contribution in [3.8, 4) is 16.9 Å². The van der Waals surface area contributed by atoms with E-state index in [1.165, 1.54) is 6.07 Å². The predicted molar refractivity (Wildman–Crippen MR) is 98.8 cm³/mol. The van der Waals surface area contributed by atoms with Crippen molar-refractivity contribution in [3.05, 3.63) is 72.1 Å². The largest absolute Gasteiger partial charge is 0.417 e. The van der Waals surface area contributed by atoms with Crippen LogP contribution in [0.4, 0.5) is 19.3 Å². The van der Waals surface area contributed by atoms with E-state index in [4.69, 9.17) is 4.74 Å². The van der Waals surface area contributed by atoms with Gasteiger partial charge in [0.1, 0.15) is 0 Å². The summed E-state index contributed by atoms with van der Waals surface area (Å²) in [4.78, 5) is 12.4. The van der Waals surface area contributed by atoms with Crippen molar-refractivity contribution >= 4 is 11.8 Å². The van der Waals surface area contributed by atoms with Gasteiger partial charge in [-0.3, -0.25) is 5.32 Å². The Bertz CT molecular complexity index is 1010. The number of aryl methyl sites for hydroxylation is 1. The van der Waals surface area contributed by atoms with Crippen LogP contribution < -0.4 is 10.1 Å². The third-order valence-electron chi connectivity index (χ3n) is 4.56. The van der Waals surface area contributed by atoms with Crippen LogP contribution in [0.3, 0.4) is 0 Å². The molecule has 0 saturated heterocycles. The Balaban J connectivity index is 1.56. The molecule has 4 nitrogen and oxygen atoms in total. The minimum Gasteiger partial charge on any atom is -0.408 e. The van der Waals surface area contributed by atoms with E-state index >= 15 is 0 Å². The standard InChI is InChI=1S/C21H18F2N2O2/c1-25-11-16(13-6-7-13)20(12-25)27-21(26)24-19-5-3-2-4-15(19)14-8-9-17(22)18(23)10-14/h2-5,8-13H,6-7H2,1H3,(H,24,26). The lowest BCUT2D eigenvalue weighted by Gasteiger charge is -2.12. The topological polar surface area (TPSA) is 43.3 Å². The Morgan fingerprint density at radius 2 is 1.89 bits per heavy atom. The second-order valence-corrected chi connectivity index (χ2v) is 6.71. The molecule has 1 saturated carbocycles. The molecule has 1 aliphatic carbocycles. The molecular weight excluding hydrogens is 350 g/mol. The van der Waals surface area contributed by atoms with Gasteiger partial charge in [0.05, 0.1) is 5.69 Å². The SMILES string of the molecule is Cn1cc(OC(=O)Nc2ccccc2-c2ccc(F)c(F)c2)c(C2CC2)c1. The normalized spacial score (nSPS) is 13.4. The van der Waals surface area contributed by atoms with Crippen LogP contribution in [0.25, 0.3) is 11.1 Å². The van der Waals surface area contributed by atoms with Crippen molar-refractivity contribution in [2.45, 2.75) is 18.8 Å². The van der Waals surface area contributed by atoms with E-state index in [0.29, 0.717) is 28.5 Å². The van der Waals surface area contributed by atoms with Crippen LogP contribution in [0, 0.1) is 11.6 Å². The molecular formula is C21H18F2N2O2. The van der Waals surface area contributed by atoms with Gasteiger partial charge in [0.15, 0.2) is 17.4 Å². The number of benzene rings is 2. The van der Waals surface area contributed by atoms with E-state index < -0.39 is 17.7 Å². The molecule has 0 unspecified atom stereocenters. The minimum atomic E-state index is -0.941. The Labute approximate surface area is 155 Å². The first-order valence-electron chi connectivity index (χ1n) is 8.70. The molecule has 1 N–H and O–H groups in total. The first-order chi connectivity index (χ1) is 13.0. The summed E-state index contributed by atoms with van der Waals surface area (Å²) in [5, 5.41) is 2.70. The minimum absolute atomic E-state index is 0.448. The fraction of sp³-hybridized carbons (Fsp3) is 0.190. The lowest BCUT2D eigenvalue weighted by Crippen LogP contribution is -2.17. The molecule has 0 bridgehead atoms.